The molecule has 0 saturated carbocycles. The van der Waals surface area contributed by atoms with E-state index in [1.165, 1.54) is 35.4 Å². The number of carbonyl (C=O) groups is 2. The smallest absolute Gasteiger partial charge is 0.294 e. The molecule has 0 fully saturated rings. The summed E-state index contributed by atoms with van der Waals surface area (Å²) >= 11 is 0. The van der Waals surface area contributed by atoms with E-state index < -0.39 is 0 Å². The highest BCUT2D eigenvalue weighted by Gasteiger charge is 2.20. The Bertz CT molecular complexity index is 684. The lowest BCUT2D eigenvalue weighted by Crippen LogP contribution is -2.38. The average Bonchev–Trinajstić information content (AvgIpc) is 3.18. The van der Waals surface area contributed by atoms with Crippen LogP contribution >= 0.6 is 0 Å². The lowest BCUT2D eigenvalue weighted by Gasteiger charge is -2.22. The van der Waals surface area contributed by atoms with E-state index in [0.29, 0.717) is 18.7 Å². The molecule has 5 nitrogen and oxygen atoms in total. The highest BCUT2D eigenvalue weighted by atomic mass is 19.1. The van der Waals surface area contributed by atoms with Crippen molar-refractivity contribution in [1.82, 2.24) is 5.32 Å². The van der Waals surface area contributed by atoms with Crippen molar-refractivity contribution < 1.29 is 18.4 Å². The van der Waals surface area contributed by atoms with Gasteiger partial charge in [-0.25, -0.2) is 4.39 Å². The van der Waals surface area contributed by atoms with Crippen molar-refractivity contribution in [2.24, 2.45) is 0 Å². The number of rotatable bonds is 10. The molecule has 2 rings (SSSR count). The molecule has 0 spiro atoms. The quantitative estimate of drug-likeness (QED) is 0.647. The van der Waals surface area contributed by atoms with Crippen LogP contribution in [0, 0.1) is 5.82 Å². The molecule has 1 aromatic carbocycles. The van der Waals surface area contributed by atoms with Crippen LogP contribution in [0.2, 0.25) is 0 Å². The summed E-state index contributed by atoms with van der Waals surface area (Å²) in [6.07, 6.45) is 6.08. The van der Waals surface area contributed by atoms with Crippen LogP contribution in [0.1, 0.15) is 49.6 Å². The van der Waals surface area contributed by atoms with Gasteiger partial charge in [0.05, 0.1) is 6.26 Å². The number of halogens is 1. The molecule has 26 heavy (non-hydrogen) atoms. The molecular formula is C20H25FN2O3. The Kier molecular flexibility index (Phi) is 7.86. The Balaban J connectivity index is 1.93. The number of furan rings is 1. The summed E-state index contributed by atoms with van der Waals surface area (Å²) in [6.45, 7) is 2.71. The topological polar surface area (TPSA) is 62.6 Å². The maximum Gasteiger partial charge on any atom is 0.294 e. The molecule has 0 bridgehead atoms. The molecule has 0 atom stereocenters. The number of benzene rings is 1. The number of anilines is 1. The number of carbonyl (C=O) groups excluding carboxylic acids is 2. The first kappa shape index (κ1) is 19.7. The van der Waals surface area contributed by atoms with E-state index in [-0.39, 0.29) is 29.9 Å². The minimum Gasteiger partial charge on any atom is -0.459 e. The lowest BCUT2D eigenvalue weighted by molar-refractivity contribution is -0.121. The molecule has 6 heteroatoms. The molecule has 1 heterocycles. The first-order valence-corrected chi connectivity index (χ1v) is 8.99. The molecule has 2 aromatic rings. The van der Waals surface area contributed by atoms with Gasteiger partial charge in [-0.1, -0.05) is 26.2 Å². The normalized spacial score (nSPS) is 10.5. The highest BCUT2D eigenvalue weighted by molar-refractivity contribution is 6.04. The van der Waals surface area contributed by atoms with Crippen LogP contribution in [0.25, 0.3) is 0 Å². The van der Waals surface area contributed by atoms with Gasteiger partial charge in [0.25, 0.3) is 5.91 Å². The summed E-state index contributed by atoms with van der Waals surface area (Å²) in [4.78, 5) is 26.0. The van der Waals surface area contributed by atoms with Crippen LogP contribution in [0.5, 0.6) is 0 Å². The van der Waals surface area contributed by atoms with E-state index in [0.717, 1.165) is 25.7 Å². The molecule has 2 amide bonds. The molecule has 0 aliphatic heterocycles. The number of amides is 2. The third kappa shape index (κ3) is 6.02. The number of nitrogens with one attached hydrogen (secondary N) is 1. The summed E-state index contributed by atoms with van der Waals surface area (Å²) in [5.41, 5.74) is 0.546. The molecule has 1 aromatic heterocycles. The Hall–Kier alpha value is -2.63. The summed E-state index contributed by atoms with van der Waals surface area (Å²) < 4.78 is 18.3. The SMILES string of the molecule is CCCCCCC(=O)NCCN(C(=O)c1ccco1)c1ccc(F)cc1. The highest BCUT2D eigenvalue weighted by Crippen LogP contribution is 2.18. The molecule has 0 aliphatic rings. The van der Waals surface area contributed by atoms with Crippen molar-refractivity contribution in [2.45, 2.75) is 39.0 Å². The predicted molar refractivity (Wildman–Crippen MR) is 98.6 cm³/mol. The van der Waals surface area contributed by atoms with Crippen molar-refractivity contribution in [2.75, 3.05) is 18.0 Å². The zero-order valence-electron chi connectivity index (χ0n) is 15.0. The summed E-state index contributed by atoms with van der Waals surface area (Å²) in [5.74, 6) is -0.538. The minimum atomic E-state index is -0.375. The van der Waals surface area contributed by atoms with E-state index in [1.54, 1.807) is 12.1 Å². The summed E-state index contributed by atoms with van der Waals surface area (Å²) in [6, 6.07) is 8.86. The molecule has 0 saturated heterocycles. The van der Waals surface area contributed by atoms with Crippen molar-refractivity contribution in [1.29, 1.82) is 0 Å². The summed E-state index contributed by atoms with van der Waals surface area (Å²) in [7, 11) is 0. The van der Waals surface area contributed by atoms with Gasteiger partial charge in [-0.05, 0) is 42.8 Å². The molecule has 140 valence electrons. The standard InChI is InChI=1S/C20H25FN2O3/c1-2-3-4-5-8-19(24)22-13-14-23(17-11-9-16(21)10-12-17)20(25)18-7-6-15-26-18/h6-7,9-12,15H,2-5,8,13-14H2,1H3,(H,22,24). The van der Waals surface area contributed by atoms with Gasteiger partial charge in [0.1, 0.15) is 5.82 Å². The maximum atomic E-state index is 13.2. The monoisotopic (exact) mass is 360 g/mol. The molecular weight excluding hydrogens is 335 g/mol. The van der Waals surface area contributed by atoms with Crippen LogP contribution in [0.4, 0.5) is 10.1 Å². The second-order valence-electron chi connectivity index (χ2n) is 6.07. The van der Waals surface area contributed by atoms with Crippen LogP contribution in [-0.2, 0) is 4.79 Å². The van der Waals surface area contributed by atoms with Crippen LogP contribution < -0.4 is 10.2 Å². The molecule has 1 N–H and O–H groups in total. The van der Waals surface area contributed by atoms with Crippen molar-refractivity contribution in [3.05, 3.63) is 54.2 Å². The number of unbranched alkanes of at least 4 members (excludes halogenated alkanes) is 3. The zero-order chi connectivity index (χ0) is 18.8. The number of nitrogens with zero attached hydrogens (tertiary/aromatic N) is 1. The van der Waals surface area contributed by atoms with Crippen molar-refractivity contribution in [3.63, 3.8) is 0 Å². The fourth-order valence-corrected chi connectivity index (χ4v) is 2.61. The van der Waals surface area contributed by atoms with E-state index in [4.69, 9.17) is 4.42 Å². The fourth-order valence-electron chi connectivity index (χ4n) is 2.61. The van der Waals surface area contributed by atoms with Gasteiger partial charge in [-0.2, -0.15) is 0 Å². The Morgan fingerprint density at radius 3 is 2.54 bits per heavy atom. The Morgan fingerprint density at radius 2 is 1.88 bits per heavy atom. The van der Waals surface area contributed by atoms with E-state index in [9.17, 15) is 14.0 Å². The maximum absolute atomic E-state index is 13.2. The second kappa shape index (κ2) is 10.4. The van der Waals surface area contributed by atoms with Gasteiger partial charge >= 0.3 is 0 Å². The fraction of sp³-hybridized carbons (Fsp3) is 0.400. The van der Waals surface area contributed by atoms with E-state index in [2.05, 4.69) is 12.2 Å². The Morgan fingerprint density at radius 1 is 1.12 bits per heavy atom. The zero-order valence-corrected chi connectivity index (χ0v) is 15.0. The van der Waals surface area contributed by atoms with E-state index >= 15 is 0 Å². The van der Waals surface area contributed by atoms with Crippen LogP contribution in [-0.4, -0.2) is 24.9 Å². The van der Waals surface area contributed by atoms with Crippen molar-refractivity contribution in [3.8, 4) is 0 Å². The van der Waals surface area contributed by atoms with Crippen molar-refractivity contribution >= 4 is 17.5 Å². The first-order valence-electron chi connectivity index (χ1n) is 8.99. The van der Waals surface area contributed by atoms with Gasteiger partial charge in [0, 0.05) is 25.2 Å². The average molecular weight is 360 g/mol. The van der Waals surface area contributed by atoms with Gasteiger partial charge in [0.15, 0.2) is 5.76 Å². The first-order chi connectivity index (χ1) is 12.6. The number of hydrogen-bond acceptors (Lipinski definition) is 3. The number of hydrogen-bond donors (Lipinski definition) is 1. The van der Waals surface area contributed by atoms with Gasteiger partial charge in [0.2, 0.25) is 5.91 Å². The van der Waals surface area contributed by atoms with Gasteiger partial charge in [-0.15, -0.1) is 0 Å². The second-order valence-corrected chi connectivity index (χ2v) is 6.07. The van der Waals surface area contributed by atoms with E-state index in [1.807, 2.05) is 0 Å². The molecule has 0 radical (unpaired) electrons. The third-order valence-electron chi connectivity index (χ3n) is 4.03. The van der Waals surface area contributed by atoms with Gasteiger partial charge in [-0.3, -0.25) is 9.59 Å². The summed E-state index contributed by atoms with van der Waals surface area (Å²) in [5, 5.41) is 2.83. The lowest BCUT2D eigenvalue weighted by atomic mass is 10.1. The molecule has 0 unspecified atom stereocenters. The van der Waals surface area contributed by atoms with Crippen LogP contribution in [0.3, 0.4) is 0 Å². The molecule has 0 aliphatic carbocycles. The largest absolute Gasteiger partial charge is 0.459 e. The minimum absolute atomic E-state index is 0.0226. The van der Waals surface area contributed by atoms with Crippen LogP contribution in [0.15, 0.2) is 47.1 Å². The third-order valence-corrected chi connectivity index (χ3v) is 4.03. The predicted octanol–water partition coefficient (Wildman–Crippen LogP) is 4.15. The van der Waals surface area contributed by atoms with Gasteiger partial charge < -0.3 is 14.6 Å². The Labute approximate surface area is 153 Å².